The van der Waals surface area contributed by atoms with Crippen molar-refractivity contribution in [3.05, 3.63) is 64.4 Å². The first kappa shape index (κ1) is 13.5. The Kier molecular flexibility index (Phi) is 3.80. The third-order valence-corrected chi connectivity index (χ3v) is 3.49. The highest BCUT2D eigenvalue weighted by atomic mass is 79.9. The van der Waals surface area contributed by atoms with Crippen LogP contribution in [0.15, 0.2) is 53.3 Å². The molecule has 3 rings (SSSR count). The van der Waals surface area contributed by atoms with Crippen LogP contribution in [0.4, 0.5) is 0 Å². The number of nitrogens with zero attached hydrogens (tertiary/aromatic N) is 3. The molecule has 0 fully saturated rings. The van der Waals surface area contributed by atoms with E-state index in [1.54, 1.807) is 12.1 Å². The van der Waals surface area contributed by atoms with Crippen LogP contribution >= 0.6 is 15.9 Å². The molecule has 4 nitrogen and oxygen atoms in total. The molecule has 0 bridgehead atoms. The molecule has 0 saturated carbocycles. The molecule has 3 aromatic rings. The fraction of sp³-hybridized carbons (Fsp3) is 0.0625. The minimum atomic E-state index is 0.355. The minimum absolute atomic E-state index is 0.355. The molecule has 0 saturated heterocycles. The minimum Gasteiger partial charge on any atom is -0.472 e. The van der Waals surface area contributed by atoms with Crippen molar-refractivity contribution in [2.45, 2.75) is 6.61 Å². The molecule has 0 aliphatic rings. The van der Waals surface area contributed by atoms with Crippen molar-refractivity contribution in [2.75, 3.05) is 0 Å². The fourth-order valence-corrected chi connectivity index (χ4v) is 2.36. The van der Waals surface area contributed by atoms with Crippen LogP contribution in [-0.4, -0.2) is 9.97 Å². The van der Waals surface area contributed by atoms with Gasteiger partial charge in [0.1, 0.15) is 12.9 Å². The molecular formula is C16H10BrN3O. The third-order valence-electron chi connectivity index (χ3n) is 2.99. The highest BCUT2D eigenvalue weighted by molar-refractivity contribution is 9.10. The molecule has 1 heterocycles. The van der Waals surface area contributed by atoms with Gasteiger partial charge >= 0.3 is 0 Å². The molecule has 5 heteroatoms. The van der Waals surface area contributed by atoms with Gasteiger partial charge in [-0.05, 0) is 35.9 Å². The van der Waals surface area contributed by atoms with E-state index < -0.39 is 0 Å². The van der Waals surface area contributed by atoms with Gasteiger partial charge in [0.05, 0.1) is 22.5 Å². The van der Waals surface area contributed by atoms with Crippen molar-refractivity contribution >= 4 is 26.8 Å². The standard InChI is InChI=1S/C16H10BrN3O/c17-13-4-5-15-14(7-13)16(20-10-19-15)21-9-12-3-1-2-11(6-12)8-18/h1-7,10H,9H2. The summed E-state index contributed by atoms with van der Waals surface area (Å²) in [5, 5.41) is 9.75. The maximum absolute atomic E-state index is 8.90. The van der Waals surface area contributed by atoms with E-state index in [9.17, 15) is 0 Å². The van der Waals surface area contributed by atoms with Crippen molar-refractivity contribution in [3.8, 4) is 11.9 Å². The van der Waals surface area contributed by atoms with E-state index in [-0.39, 0.29) is 0 Å². The molecule has 0 unspecified atom stereocenters. The summed E-state index contributed by atoms with van der Waals surface area (Å²) in [5.41, 5.74) is 2.37. The number of aromatic nitrogens is 2. The van der Waals surface area contributed by atoms with Crippen molar-refractivity contribution in [2.24, 2.45) is 0 Å². The molecule has 0 spiro atoms. The van der Waals surface area contributed by atoms with Crippen LogP contribution in [0.1, 0.15) is 11.1 Å². The lowest BCUT2D eigenvalue weighted by Crippen LogP contribution is -1.99. The smallest absolute Gasteiger partial charge is 0.224 e. The Morgan fingerprint density at radius 1 is 1.14 bits per heavy atom. The summed E-state index contributed by atoms with van der Waals surface area (Å²) in [4.78, 5) is 8.40. The van der Waals surface area contributed by atoms with Crippen LogP contribution in [-0.2, 0) is 6.61 Å². The Morgan fingerprint density at radius 2 is 2.05 bits per heavy atom. The van der Waals surface area contributed by atoms with Gasteiger partial charge in [0.2, 0.25) is 5.88 Å². The third kappa shape index (κ3) is 3.01. The zero-order chi connectivity index (χ0) is 14.7. The van der Waals surface area contributed by atoms with Gasteiger partial charge in [0.15, 0.2) is 0 Å². The van der Waals surface area contributed by atoms with Gasteiger partial charge in [-0.2, -0.15) is 5.26 Å². The number of ether oxygens (including phenoxy) is 1. The summed E-state index contributed by atoms with van der Waals surface area (Å²) >= 11 is 3.43. The molecule has 102 valence electrons. The van der Waals surface area contributed by atoms with Gasteiger partial charge in [-0.15, -0.1) is 0 Å². The maximum atomic E-state index is 8.90. The second kappa shape index (κ2) is 5.90. The van der Waals surface area contributed by atoms with Crippen LogP contribution in [0.5, 0.6) is 5.88 Å². The number of rotatable bonds is 3. The molecule has 21 heavy (non-hydrogen) atoms. The Bertz CT molecular complexity index is 842. The lowest BCUT2D eigenvalue weighted by molar-refractivity contribution is 0.297. The summed E-state index contributed by atoms with van der Waals surface area (Å²) in [7, 11) is 0. The van der Waals surface area contributed by atoms with Crippen molar-refractivity contribution in [1.82, 2.24) is 9.97 Å². The number of nitriles is 1. The van der Waals surface area contributed by atoms with E-state index in [0.29, 0.717) is 18.1 Å². The summed E-state index contributed by atoms with van der Waals surface area (Å²) in [6.45, 7) is 0.355. The van der Waals surface area contributed by atoms with Crippen LogP contribution in [0.3, 0.4) is 0 Å². The second-order valence-electron chi connectivity index (χ2n) is 4.44. The Labute approximate surface area is 130 Å². The summed E-state index contributed by atoms with van der Waals surface area (Å²) in [6.07, 6.45) is 1.48. The Hall–Kier alpha value is -2.45. The summed E-state index contributed by atoms with van der Waals surface area (Å²) < 4.78 is 6.72. The van der Waals surface area contributed by atoms with E-state index in [4.69, 9.17) is 10.00 Å². The first-order valence-corrected chi connectivity index (χ1v) is 7.07. The quantitative estimate of drug-likeness (QED) is 0.727. The molecule has 2 aromatic carbocycles. The van der Waals surface area contributed by atoms with E-state index in [1.807, 2.05) is 30.3 Å². The lowest BCUT2D eigenvalue weighted by atomic mass is 10.1. The van der Waals surface area contributed by atoms with Gasteiger partial charge in [-0.1, -0.05) is 28.1 Å². The van der Waals surface area contributed by atoms with E-state index in [0.717, 1.165) is 20.9 Å². The van der Waals surface area contributed by atoms with E-state index in [2.05, 4.69) is 32.0 Å². The predicted octanol–water partition coefficient (Wildman–Crippen LogP) is 3.84. The van der Waals surface area contributed by atoms with Gasteiger partial charge in [0, 0.05) is 4.47 Å². The van der Waals surface area contributed by atoms with Crippen molar-refractivity contribution in [1.29, 1.82) is 5.26 Å². The van der Waals surface area contributed by atoms with Crippen LogP contribution in [0, 0.1) is 11.3 Å². The van der Waals surface area contributed by atoms with Crippen molar-refractivity contribution in [3.63, 3.8) is 0 Å². The van der Waals surface area contributed by atoms with Crippen molar-refractivity contribution < 1.29 is 4.74 Å². The van der Waals surface area contributed by atoms with Crippen LogP contribution in [0.2, 0.25) is 0 Å². The molecule has 0 N–H and O–H groups in total. The molecule has 0 aliphatic heterocycles. The number of hydrogen-bond acceptors (Lipinski definition) is 4. The molecule has 0 atom stereocenters. The highest BCUT2D eigenvalue weighted by Gasteiger charge is 2.06. The molecule has 1 aromatic heterocycles. The number of hydrogen-bond donors (Lipinski definition) is 0. The molecule has 0 radical (unpaired) electrons. The molecular weight excluding hydrogens is 330 g/mol. The monoisotopic (exact) mass is 339 g/mol. The fourth-order valence-electron chi connectivity index (χ4n) is 2.00. The average Bonchev–Trinajstić information content (AvgIpc) is 2.53. The predicted molar refractivity (Wildman–Crippen MR) is 82.7 cm³/mol. The molecule has 0 amide bonds. The second-order valence-corrected chi connectivity index (χ2v) is 5.36. The Morgan fingerprint density at radius 3 is 2.90 bits per heavy atom. The van der Waals surface area contributed by atoms with Gasteiger partial charge in [-0.25, -0.2) is 9.97 Å². The topological polar surface area (TPSA) is 58.8 Å². The van der Waals surface area contributed by atoms with E-state index in [1.165, 1.54) is 6.33 Å². The SMILES string of the molecule is N#Cc1cccc(COc2ncnc3ccc(Br)cc23)c1. The van der Waals surface area contributed by atoms with Gasteiger partial charge in [0.25, 0.3) is 0 Å². The zero-order valence-electron chi connectivity index (χ0n) is 11.0. The maximum Gasteiger partial charge on any atom is 0.224 e. The van der Waals surface area contributed by atoms with Gasteiger partial charge in [-0.3, -0.25) is 0 Å². The number of halogens is 1. The highest BCUT2D eigenvalue weighted by Crippen LogP contribution is 2.25. The first-order chi connectivity index (χ1) is 10.3. The van der Waals surface area contributed by atoms with E-state index >= 15 is 0 Å². The average molecular weight is 340 g/mol. The summed E-state index contributed by atoms with van der Waals surface area (Å²) in [6, 6.07) is 15.2. The number of fused-ring (bicyclic) bond motifs is 1. The Balaban J connectivity index is 1.88. The zero-order valence-corrected chi connectivity index (χ0v) is 12.5. The normalized spacial score (nSPS) is 10.3. The van der Waals surface area contributed by atoms with Crippen LogP contribution in [0.25, 0.3) is 10.9 Å². The largest absolute Gasteiger partial charge is 0.472 e. The first-order valence-electron chi connectivity index (χ1n) is 6.28. The molecule has 0 aliphatic carbocycles. The number of benzene rings is 2. The lowest BCUT2D eigenvalue weighted by Gasteiger charge is -2.08. The summed E-state index contributed by atoms with van der Waals surface area (Å²) in [5.74, 6) is 0.531. The van der Waals surface area contributed by atoms with Gasteiger partial charge < -0.3 is 4.74 Å². The van der Waals surface area contributed by atoms with Crippen LogP contribution < -0.4 is 4.74 Å².